The number of carboxylic acid groups (broad SMARTS) is 1. The van der Waals surface area contributed by atoms with E-state index in [-0.39, 0.29) is 11.5 Å². The van der Waals surface area contributed by atoms with Gasteiger partial charge in [-0.15, -0.1) is 5.10 Å². The molecule has 2 rings (SSSR count). The Hall–Kier alpha value is -2.49. The molecule has 20 heavy (non-hydrogen) atoms. The van der Waals surface area contributed by atoms with Crippen LogP contribution in [-0.4, -0.2) is 37.3 Å². The van der Waals surface area contributed by atoms with Crippen molar-refractivity contribution in [2.75, 3.05) is 10.6 Å². The van der Waals surface area contributed by atoms with Crippen molar-refractivity contribution in [3.05, 3.63) is 28.2 Å². The molecule has 0 spiro atoms. The average Bonchev–Trinajstić information content (AvgIpc) is 2.76. The summed E-state index contributed by atoms with van der Waals surface area (Å²) in [5, 5.41) is 24.7. The van der Waals surface area contributed by atoms with Gasteiger partial charge in [-0.2, -0.15) is 4.80 Å². The van der Waals surface area contributed by atoms with E-state index in [4.69, 9.17) is 5.11 Å². The lowest BCUT2D eigenvalue weighted by molar-refractivity contribution is 0.0696. The van der Waals surface area contributed by atoms with Crippen LogP contribution in [0.15, 0.2) is 22.7 Å². The molecule has 3 N–H and O–H groups in total. The number of amides is 2. The zero-order valence-corrected chi connectivity index (χ0v) is 11.7. The smallest absolute Gasteiger partial charge is 0.336 e. The van der Waals surface area contributed by atoms with Crippen molar-refractivity contribution < 1.29 is 14.7 Å². The molecule has 0 saturated carbocycles. The normalized spacial score (nSPS) is 10.1. The van der Waals surface area contributed by atoms with Crippen LogP contribution < -0.4 is 10.6 Å². The minimum Gasteiger partial charge on any atom is -0.478 e. The summed E-state index contributed by atoms with van der Waals surface area (Å²) in [4.78, 5) is 23.8. The molecule has 0 aliphatic carbocycles. The van der Waals surface area contributed by atoms with Gasteiger partial charge in [-0.05, 0) is 39.3 Å². The molecule has 0 bridgehead atoms. The van der Waals surface area contributed by atoms with Crippen molar-refractivity contribution in [2.45, 2.75) is 0 Å². The topological polar surface area (TPSA) is 122 Å². The fraction of sp³-hybridized carbons (Fsp3) is 0.100. The third kappa shape index (κ3) is 3.29. The first-order valence-electron chi connectivity index (χ1n) is 5.30. The highest BCUT2D eigenvalue weighted by molar-refractivity contribution is 9.10. The number of aryl methyl sites for hydroxylation is 1. The Kier molecular flexibility index (Phi) is 3.94. The highest BCUT2D eigenvalue weighted by Crippen LogP contribution is 2.21. The van der Waals surface area contributed by atoms with Crippen LogP contribution in [0.2, 0.25) is 0 Å². The van der Waals surface area contributed by atoms with Gasteiger partial charge in [0.2, 0.25) is 0 Å². The van der Waals surface area contributed by atoms with Crippen LogP contribution in [-0.2, 0) is 7.05 Å². The molecule has 0 atom stereocenters. The summed E-state index contributed by atoms with van der Waals surface area (Å²) in [6, 6.07) is 3.81. The number of aromatic carboxylic acids is 1. The van der Waals surface area contributed by atoms with E-state index in [1.807, 2.05) is 0 Å². The number of aromatic nitrogens is 4. The standard InChI is InChI=1S/C10H9BrN6O3/c1-17-15-9(14-16-17)13-10(20)12-5-2-3-7(11)6(4-5)8(18)19/h2-4H,1H3,(H,18,19)(H2,12,13,15,20). The first-order valence-corrected chi connectivity index (χ1v) is 6.10. The van der Waals surface area contributed by atoms with Crippen LogP contribution >= 0.6 is 15.9 Å². The van der Waals surface area contributed by atoms with Crippen molar-refractivity contribution in [1.82, 2.24) is 20.2 Å². The number of hydrogen-bond acceptors (Lipinski definition) is 5. The largest absolute Gasteiger partial charge is 0.478 e. The van der Waals surface area contributed by atoms with E-state index < -0.39 is 12.0 Å². The number of tetrazole rings is 1. The fourth-order valence-corrected chi connectivity index (χ4v) is 1.78. The molecule has 1 aromatic carbocycles. The summed E-state index contributed by atoms with van der Waals surface area (Å²) in [5.41, 5.74) is 0.368. The highest BCUT2D eigenvalue weighted by Gasteiger charge is 2.11. The average molecular weight is 341 g/mol. The molecule has 10 heteroatoms. The summed E-state index contributed by atoms with van der Waals surface area (Å²) in [6.45, 7) is 0. The SMILES string of the molecule is Cn1nnc(NC(=O)Nc2ccc(Br)c(C(=O)O)c2)n1. The second-order valence-corrected chi connectivity index (χ2v) is 4.54. The fourth-order valence-electron chi connectivity index (χ4n) is 1.36. The Morgan fingerprint density at radius 2 is 2.10 bits per heavy atom. The second-order valence-electron chi connectivity index (χ2n) is 3.68. The second kappa shape index (κ2) is 5.65. The van der Waals surface area contributed by atoms with Crippen molar-refractivity contribution in [3.63, 3.8) is 0 Å². The molecular weight excluding hydrogens is 332 g/mol. The molecule has 104 valence electrons. The van der Waals surface area contributed by atoms with E-state index >= 15 is 0 Å². The number of carbonyl (C=O) groups is 2. The first-order chi connectivity index (χ1) is 9.45. The van der Waals surface area contributed by atoms with Gasteiger partial charge < -0.3 is 10.4 Å². The number of rotatable bonds is 3. The number of nitrogens with zero attached hydrogens (tertiary/aromatic N) is 4. The maximum Gasteiger partial charge on any atom is 0.336 e. The molecule has 0 saturated heterocycles. The minimum atomic E-state index is -1.10. The Morgan fingerprint density at radius 1 is 1.35 bits per heavy atom. The lowest BCUT2D eigenvalue weighted by Gasteiger charge is -2.06. The van der Waals surface area contributed by atoms with Crippen LogP contribution in [0, 0.1) is 0 Å². The number of anilines is 2. The number of halogens is 1. The van der Waals surface area contributed by atoms with Gasteiger partial charge in [-0.1, -0.05) is 5.10 Å². The molecule has 1 aromatic heterocycles. The zero-order chi connectivity index (χ0) is 14.7. The first kappa shape index (κ1) is 13.9. The summed E-state index contributed by atoms with van der Waals surface area (Å²) in [6.07, 6.45) is 0. The third-order valence-corrected chi connectivity index (χ3v) is 2.88. The number of carbonyl (C=O) groups excluding carboxylic acids is 1. The van der Waals surface area contributed by atoms with Crippen LogP contribution in [0.4, 0.5) is 16.4 Å². The monoisotopic (exact) mass is 340 g/mol. The number of urea groups is 1. The predicted octanol–water partition coefficient (Wildman–Crippen LogP) is 1.31. The molecule has 2 aromatic rings. The highest BCUT2D eigenvalue weighted by atomic mass is 79.9. The van der Waals surface area contributed by atoms with Crippen molar-refractivity contribution >= 4 is 39.6 Å². The number of carboxylic acids is 1. The lowest BCUT2D eigenvalue weighted by Crippen LogP contribution is -2.20. The van der Waals surface area contributed by atoms with E-state index in [0.717, 1.165) is 0 Å². The van der Waals surface area contributed by atoms with Gasteiger partial charge in [-0.25, -0.2) is 9.59 Å². The van der Waals surface area contributed by atoms with Crippen LogP contribution in [0.3, 0.4) is 0 Å². The van der Waals surface area contributed by atoms with Crippen LogP contribution in [0.1, 0.15) is 10.4 Å². The molecule has 0 radical (unpaired) electrons. The van der Waals surface area contributed by atoms with Crippen molar-refractivity contribution in [3.8, 4) is 0 Å². The molecule has 1 heterocycles. The summed E-state index contributed by atoms with van der Waals surface area (Å²) < 4.78 is 0.423. The molecule has 9 nitrogen and oxygen atoms in total. The number of hydrogen-bond donors (Lipinski definition) is 3. The number of nitrogens with one attached hydrogen (secondary N) is 2. The van der Waals surface area contributed by atoms with E-state index in [2.05, 4.69) is 42.0 Å². The Morgan fingerprint density at radius 3 is 2.70 bits per heavy atom. The lowest BCUT2D eigenvalue weighted by atomic mass is 10.2. The van der Waals surface area contributed by atoms with E-state index in [1.165, 1.54) is 16.9 Å². The summed E-state index contributed by atoms with van der Waals surface area (Å²) in [7, 11) is 1.56. The molecule has 0 aliphatic rings. The van der Waals surface area contributed by atoms with Crippen molar-refractivity contribution in [2.24, 2.45) is 7.05 Å². The molecule has 0 aliphatic heterocycles. The van der Waals surface area contributed by atoms with Gasteiger partial charge in [0.05, 0.1) is 12.6 Å². The van der Waals surface area contributed by atoms with Gasteiger partial charge in [0.1, 0.15) is 0 Å². The van der Waals surface area contributed by atoms with Crippen LogP contribution in [0.25, 0.3) is 0 Å². The Bertz CT molecular complexity index is 671. The van der Waals surface area contributed by atoms with E-state index in [1.54, 1.807) is 13.1 Å². The predicted molar refractivity (Wildman–Crippen MR) is 72.5 cm³/mol. The van der Waals surface area contributed by atoms with Gasteiger partial charge in [0.25, 0.3) is 5.95 Å². The number of benzene rings is 1. The summed E-state index contributed by atoms with van der Waals surface area (Å²) >= 11 is 3.11. The minimum absolute atomic E-state index is 0.0421. The quantitative estimate of drug-likeness (QED) is 0.774. The maximum atomic E-state index is 11.7. The molecule has 0 unspecified atom stereocenters. The third-order valence-electron chi connectivity index (χ3n) is 2.19. The Labute approximate surface area is 121 Å². The van der Waals surface area contributed by atoms with Gasteiger partial charge in [0, 0.05) is 10.2 Å². The zero-order valence-electron chi connectivity index (χ0n) is 10.2. The van der Waals surface area contributed by atoms with Gasteiger partial charge >= 0.3 is 12.0 Å². The summed E-state index contributed by atoms with van der Waals surface area (Å²) in [5.74, 6) is -1.06. The van der Waals surface area contributed by atoms with E-state index in [0.29, 0.717) is 10.2 Å². The molecule has 0 fully saturated rings. The van der Waals surface area contributed by atoms with Crippen LogP contribution in [0.5, 0.6) is 0 Å². The molecule has 2 amide bonds. The van der Waals surface area contributed by atoms with Gasteiger partial charge in [0.15, 0.2) is 0 Å². The van der Waals surface area contributed by atoms with E-state index in [9.17, 15) is 9.59 Å². The Balaban J connectivity index is 2.08. The van der Waals surface area contributed by atoms with Crippen molar-refractivity contribution in [1.29, 1.82) is 0 Å². The van der Waals surface area contributed by atoms with Gasteiger partial charge in [-0.3, -0.25) is 5.32 Å². The molecular formula is C10H9BrN6O3. The maximum absolute atomic E-state index is 11.7.